The van der Waals surface area contributed by atoms with E-state index in [1.54, 1.807) is 12.1 Å². The molecule has 0 bridgehead atoms. The zero-order valence-electron chi connectivity index (χ0n) is 15.4. The van der Waals surface area contributed by atoms with Gasteiger partial charge in [-0.15, -0.1) is 0 Å². The predicted molar refractivity (Wildman–Crippen MR) is 102 cm³/mol. The molecule has 1 aromatic carbocycles. The van der Waals surface area contributed by atoms with Gasteiger partial charge in [-0.05, 0) is 49.8 Å². The van der Waals surface area contributed by atoms with Crippen molar-refractivity contribution < 1.29 is 13.2 Å². The summed E-state index contributed by atoms with van der Waals surface area (Å²) in [5, 5.41) is 3.02. The highest BCUT2D eigenvalue weighted by Gasteiger charge is 2.23. The molecule has 0 aliphatic heterocycles. The zero-order chi connectivity index (χ0) is 18.4. The van der Waals surface area contributed by atoms with Crippen LogP contribution in [0, 0.1) is 5.92 Å². The molecule has 0 aromatic heterocycles. The highest BCUT2D eigenvalue weighted by Crippen LogP contribution is 2.23. The third-order valence-electron chi connectivity index (χ3n) is 5.60. The Morgan fingerprint density at radius 3 is 2.19 bits per heavy atom. The van der Waals surface area contributed by atoms with Crippen molar-refractivity contribution in [1.29, 1.82) is 0 Å². The first-order valence-corrected chi connectivity index (χ1v) is 11.4. The molecule has 2 saturated carbocycles. The number of carbonyl (C=O) groups excluding carboxylic acids is 1. The van der Waals surface area contributed by atoms with Gasteiger partial charge in [-0.2, -0.15) is 0 Å². The Balaban J connectivity index is 1.47. The average molecular weight is 379 g/mol. The van der Waals surface area contributed by atoms with Crippen molar-refractivity contribution in [3.8, 4) is 0 Å². The van der Waals surface area contributed by atoms with Crippen molar-refractivity contribution in [2.45, 2.75) is 75.1 Å². The molecule has 0 unspecified atom stereocenters. The van der Waals surface area contributed by atoms with E-state index < -0.39 is 10.0 Å². The molecule has 2 aliphatic rings. The summed E-state index contributed by atoms with van der Waals surface area (Å²) in [6.07, 6.45) is 10.3. The van der Waals surface area contributed by atoms with Crippen LogP contribution in [0.1, 0.15) is 63.4 Å². The standard InChI is InChI=1S/C20H30N2O3S/c23-20(17-6-2-1-3-7-17)21-15-14-16-10-12-19(13-11-16)26(24,25)22-18-8-4-5-9-18/h10-13,17-18,22H,1-9,14-15H2,(H,21,23). The minimum Gasteiger partial charge on any atom is -0.356 e. The minimum atomic E-state index is -3.43. The molecule has 0 saturated heterocycles. The van der Waals surface area contributed by atoms with E-state index in [1.807, 2.05) is 12.1 Å². The quantitative estimate of drug-likeness (QED) is 0.765. The molecule has 1 aromatic rings. The Hall–Kier alpha value is -1.40. The second-order valence-corrected chi connectivity index (χ2v) is 9.34. The van der Waals surface area contributed by atoms with Gasteiger partial charge in [0.25, 0.3) is 0 Å². The maximum Gasteiger partial charge on any atom is 0.240 e. The summed E-state index contributed by atoms with van der Waals surface area (Å²) in [5.41, 5.74) is 1.04. The molecule has 0 atom stereocenters. The van der Waals surface area contributed by atoms with Crippen molar-refractivity contribution in [1.82, 2.24) is 10.0 Å². The molecule has 2 fully saturated rings. The van der Waals surface area contributed by atoms with Gasteiger partial charge in [-0.1, -0.05) is 44.2 Å². The summed E-state index contributed by atoms with van der Waals surface area (Å²) in [4.78, 5) is 12.5. The summed E-state index contributed by atoms with van der Waals surface area (Å²) in [6.45, 7) is 0.599. The summed E-state index contributed by atoms with van der Waals surface area (Å²) in [7, 11) is -3.43. The van der Waals surface area contributed by atoms with Crippen LogP contribution in [0.3, 0.4) is 0 Å². The number of amides is 1. The fourth-order valence-electron chi connectivity index (χ4n) is 4.01. The molecule has 0 spiro atoms. The first-order chi connectivity index (χ1) is 12.5. The van der Waals surface area contributed by atoms with Gasteiger partial charge in [0.15, 0.2) is 0 Å². The van der Waals surface area contributed by atoms with Gasteiger partial charge in [0.05, 0.1) is 4.90 Å². The number of hydrogen-bond acceptors (Lipinski definition) is 3. The van der Waals surface area contributed by atoms with E-state index in [0.717, 1.165) is 63.4 Å². The van der Waals surface area contributed by atoms with Crippen molar-refractivity contribution in [2.75, 3.05) is 6.54 Å². The lowest BCUT2D eigenvalue weighted by molar-refractivity contribution is -0.125. The Labute approximate surface area is 157 Å². The fraction of sp³-hybridized carbons (Fsp3) is 0.650. The maximum atomic E-state index is 12.4. The summed E-state index contributed by atoms with van der Waals surface area (Å²) >= 11 is 0. The van der Waals surface area contributed by atoms with E-state index in [0.29, 0.717) is 11.4 Å². The SMILES string of the molecule is O=C(NCCc1ccc(S(=O)(=O)NC2CCCC2)cc1)C1CCCCC1. The lowest BCUT2D eigenvalue weighted by Crippen LogP contribution is -2.33. The van der Waals surface area contributed by atoms with E-state index >= 15 is 0 Å². The zero-order valence-corrected chi connectivity index (χ0v) is 16.2. The van der Waals surface area contributed by atoms with Crippen molar-refractivity contribution >= 4 is 15.9 Å². The minimum absolute atomic E-state index is 0.0784. The maximum absolute atomic E-state index is 12.4. The Morgan fingerprint density at radius 2 is 1.54 bits per heavy atom. The van der Waals surface area contributed by atoms with Crippen LogP contribution in [-0.2, 0) is 21.2 Å². The Morgan fingerprint density at radius 1 is 0.923 bits per heavy atom. The number of rotatable bonds is 7. The van der Waals surface area contributed by atoms with Crippen LogP contribution in [-0.4, -0.2) is 26.9 Å². The summed E-state index contributed by atoms with van der Waals surface area (Å²) in [6, 6.07) is 7.09. The molecular formula is C20H30N2O3S. The monoisotopic (exact) mass is 378 g/mol. The summed E-state index contributed by atoms with van der Waals surface area (Å²) < 4.78 is 27.6. The highest BCUT2D eigenvalue weighted by molar-refractivity contribution is 7.89. The molecule has 6 heteroatoms. The first kappa shape index (κ1) is 19.4. The van der Waals surface area contributed by atoms with Gasteiger partial charge in [0.2, 0.25) is 15.9 Å². The second kappa shape index (κ2) is 9.00. The lowest BCUT2D eigenvalue weighted by Gasteiger charge is -2.20. The molecule has 3 rings (SSSR count). The van der Waals surface area contributed by atoms with E-state index in [4.69, 9.17) is 0 Å². The molecular weight excluding hydrogens is 348 g/mol. The smallest absolute Gasteiger partial charge is 0.240 e. The molecule has 0 radical (unpaired) electrons. The van der Waals surface area contributed by atoms with Crippen molar-refractivity contribution in [3.63, 3.8) is 0 Å². The van der Waals surface area contributed by atoms with E-state index in [2.05, 4.69) is 10.0 Å². The predicted octanol–water partition coefficient (Wildman–Crippen LogP) is 3.15. The van der Waals surface area contributed by atoms with Crippen LogP contribution in [0.25, 0.3) is 0 Å². The van der Waals surface area contributed by atoms with Gasteiger partial charge in [-0.3, -0.25) is 4.79 Å². The van der Waals surface area contributed by atoms with Crippen LogP contribution in [0.5, 0.6) is 0 Å². The molecule has 144 valence electrons. The molecule has 2 aliphatic carbocycles. The molecule has 2 N–H and O–H groups in total. The Bertz CT molecular complexity index is 688. The lowest BCUT2D eigenvalue weighted by atomic mass is 9.88. The van der Waals surface area contributed by atoms with E-state index in [1.165, 1.54) is 6.42 Å². The van der Waals surface area contributed by atoms with Gasteiger partial charge in [-0.25, -0.2) is 13.1 Å². The van der Waals surface area contributed by atoms with Crippen LogP contribution in [0.2, 0.25) is 0 Å². The largest absolute Gasteiger partial charge is 0.356 e. The highest BCUT2D eigenvalue weighted by atomic mass is 32.2. The molecule has 26 heavy (non-hydrogen) atoms. The topological polar surface area (TPSA) is 75.3 Å². The molecule has 5 nitrogen and oxygen atoms in total. The first-order valence-electron chi connectivity index (χ1n) is 9.93. The number of hydrogen-bond donors (Lipinski definition) is 2. The van der Waals surface area contributed by atoms with Gasteiger partial charge < -0.3 is 5.32 Å². The van der Waals surface area contributed by atoms with Crippen LogP contribution >= 0.6 is 0 Å². The number of carbonyl (C=O) groups is 1. The molecule has 0 heterocycles. The normalized spacial score (nSPS) is 19.5. The van der Waals surface area contributed by atoms with Crippen molar-refractivity contribution in [3.05, 3.63) is 29.8 Å². The van der Waals surface area contributed by atoms with Crippen LogP contribution in [0.15, 0.2) is 29.2 Å². The number of benzene rings is 1. The third kappa shape index (κ3) is 5.30. The molecule has 1 amide bonds. The summed E-state index contributed by atoms with van der Waals surface area (Å²) in [5.74, 6) is 0.350. The number of sulfonamides is 1. The van der Waals surface area contributed by atoms with Gasteiger partial charge >= 0.3 is 0 Å². The fourth-order valence-corrected chi connectivity index (χ4v) is 5.31. The van der Waals surface area contributed by atoms with E-state index in [9.17, 15) is 13.2 Å². The average Bonchev–Trinajstić information content (AvgIpc) is 3.15. The van der Waals surface area contributed by atoms with Crippen LogP contribution < -0.4 is 10.0 Å². The number of nitrogens with one attached hydrogen (secondary N) is 2. The van der Waals surface area contributed by atoms with Gasteiger partial charge in [0, 0.05) is 18.5 Å². The van der Waals surface area contributed by atoms with E-state index in [-0.39, 0.29) is 17.9 Å². The second-order valence-electron chi connectivity index (χ2n) is 7.62. The van der Waals surface area contributed by atoms with Crippen molar-refractivity contribution in [2.24, 2.45) is 5.92 Å². The van der Waals surface area contributed by atoms with Gasteiger partial charge in [0.1, 0.15) is 0 Å². The van der Waals surface area contributed by atoms with Crippen LogP contribution in [0.4, 0.5) is 0 Å². The Kier molecular flexibility index (Phi) is 6.70. The third-order valence-corrected chi connectivity index (χ3v) is 7.14.